The molecule has 5 nitrogen and oxygen atoms in total. The maximum Gasteiger partial charge on any atom is 0.316 e. The number of nitrogens with zero attached hydrogens (tertiary/aromatic N) is 2. The van der Waals surface area contributed by atoms with E-state index in [1.165, 1.54) is 9.80 Å². The summed E-state index contributed by atoms with van der Waals surface area (Å²) in [6.07, 6.45) is 0. The average Bonchev–Trinajstić information content (AvgIpc) is 2.63. The Morgan fingerprint density at radius 2 is 1.50 bits per heavy atom. The van der Waals surface area contributed by atoms with Crippen LogP contribution in [0.3, 0.4) is 0 Å². The van der Waals surface area contributed by atoms with Crippen LogP contribution in [-0.4, -0.2) is 41.5 Å². The lowest BCUT2D eigenvalue weighted by Crippen LogP contribution is -2.46. The fraction of sp³-hybridized carbons (Fsp3) is 0.263. The monoisotopic (exact) mass is 326 g/mol. The molecule has 2 aromatic rings. The lowest BCUT2D eigenvalue weighted by atomic mass is 10.2. The first-order valence-corrected chi connectivity index (χ1v) is 7.98. The largest absolute Gasteiger partial charge is 0.395 e. The van der Waals surface area contributed by atoms with E-state index in [9.17, 15) is 14.7 Å². The molecule has 126 valence electrons. The van der Waals surface area contributed by atoms with Crippen molar-refractivity contribution >= 4 is 17.5 Å². The molecule has 0 radical (unpaired) electrons. The normalized spacial score (nSPS) is 10.2. The molecule has 24 heavy (non-hydrogen) atoms. The second kappa shape index (κ2) is 8.84. The molecular weight excluding hydrogens is 304 g/mol. The molecule has 5 heteroatoms. The van der Waals surface area contributed by atoms with Crippen molar-refractivity contribution in [2.75, 3.05) is 24.6 Å². The number of carbonyl (C=O) groups is 2. The van der Waals surface area contributed by atoms with Gasteiger partial charge in [-0.1, -0.05) is 48.5 Å². The van der Waals surface area contributed by atoms with Crippen LogP contribution in [0.5, 0.6) is 0 Å². The quantitative estimate of drug-likeness (QED) is 0.827. The fourth-order valence-electron chi connectivity index (χ4n) is 2.48. The number of hydrogen-bond acceptors (Lipinski definition) is 3. The van der Waals surface area contributed by atoms with Gasteiger partial charge in [-0.2, -0.15) is 0 Å². The Morgan fingerprint density at radius 3 is 2.04 bits per heavy atom. The van der Waals surface area contributed by atoms with Crippen LogP contribution in [-0.2, 0) is 16.1 Å². The second-order valence-corrected chi connectivity index (χ2v) is 5.32. The van der Waals surface area contributed by atoms with Crippen LogP contribution in [0.15, 0.2) is 60.7 Å². The van der Waals surface area contributed by atoms with Crippen LogP contribution in [0, 0.1) is 0 Å². The molecule has 0 aromatic heterocycles. The maximum absolute atomic E-state index is 12.6. The molecule has 0 unspecified atom stereocenters. The first kappa shape index (κ1) is 17.7. The van der Waals surface area contributed by atoms with Gasteiger partial charge >= 0.3 is 11.8 Å². The summed E-state index contributed by atoms with van der Waals surface area (Å²) in [5, 5.41) is 9.24. The summed E-state index contributed by atoms with van der Waals surface area (Å²) in [7, 11) is 0. The first-order valence-electron chi connectivity index (χ1n) is 7.98. The number of amides is 2. The van der Waals surface area contributed by atoms with Crippen LogP contribution in [0.4, 0.5) is 5.69 Å². The molecule has 0 saturated carbocycles. The zero-order valence-corrected chi connectivity index (χ0v) is 13.8. The van der Waals surface area contributed by atoms with Crippen molar-refractivity contribution in [3.8, 4) is 0 Å². The van der Waals surface area contributed by atoms with Gasteiger partial charge in [-0.05, 0) is 24.6 Å². The Balaban J connectivity index is 2.17. The highest BCUT2D eigenvalue weighted by Gasteiger charge is 2.27. The van der Waals surface area contributed by atoms with Crippen molar-refractivity contribution in [1.82, 2.24) is 4.90 Å². The highest BCUT2D eigenvalue weighted by atomic mass is 16.3. The molecule has 2 amide bonds. The van der Waals surface area contributed by atoms with E-state index in [-0.39, 0.29) is 19.7 Å². The van der Waals surface area contributed by atoms with Crippen molar-refractivity contribution < 1.29 is 14.7 Å². The van der Waals surface area contributed by atoms with E-state index < -0.39 is 11.8 Å². The number of aliphatic hydroxyl groups excluding tert-OH is 1. The smallest absolute Gasteiger partial charge is 0.316 e. The lowest BCUT2D eigenvalue weighted by molar-refractivity contribution is -0.145. The van der Waals surface area contributed by atoms with E-state index in [0.717, 1.165) is 5.56 Å². The predicted octanol–water partition coefficient (Wildman–Crippen LogP) is 2.06. The van der Waals surface area contributed by atoms with Crippen LogP contribution >= 0.6 is 0 Å². The standard InChI is InChI=1S/C19H22N2O3/c1-2-21(17-11-7-4-8-12-17)19(24)18(23)20(13-14-22)15-16-9-5-3-6-10-16/h3-12,22H,2,13-15H2,1H3. The Morgan fingerprint density at radius 1 is 0.917 bits per heavy atom. The zero-order chi connectivity index (χ0) is 17.4. The summed E-state index contributed by atoms with van der Waals surface area (Å²) in [5.74, 6) is -1.20. The molecule has 0 aliphatic heterocycles. The van der Waals surface area contributed by atoms with E-state index in [1.54, 1.807) is 12.1 Å². The fourth-order valence-corrected chi connectivity index (χ4v) is 2.48. The molecular formula is C19H22N2O3. The summed E-state index contributed by atoms with van der Waals surface area (Å²) in [6, 6.07) is 18.5. The Hall–Kier alpha value is -2.66. The van der Waals surface area contributed by atoms with Gasteiger partial charge in [0.25, 0.3) is 0 Å². The van der Waals surface area contributed by atoms with E-state index in [2.05, 4.69) is 0 Å². The number of benzene rings is 2. The van der Waals surface area contributed by atoms with Gasteiger partial charge in [0.15, 0.2) is 0 Å². The lowest BCUT2D eigenvalue weighted by Gasteiger charge is -2.26. The molecule has 0 saturated heterocycles. The Bertz CT molecular complexity index is 659. The SMILES string of the molecule is CCN(C(=O)C(=O)N(CCO)Cc1ccccc1)c1ccccc1. The van der Waals surface area contributed by atoms with E-state index in [0.29, 0.717) is 12.2 Å². The second-order valence-electron chi connectivity index (χ2n) is 5.32. The van der Waals surface area contributed by atoms with Crippen molar-refractivity contribution in [3.05, 3.63) is 66.2 Å². The minimum Gasteiger partial charge on any atom is -0.395 e. The number of anilines is 1. The summed E-state index contributed by atoms with van der Waals surface area (Å²) in [5.41, 5.74) is 1.59. The van der Waals surface area contributed by atoms with Crippen LogP contribution in [0.1, 0.15) is 12.5 Å². The Labute approximate surface area is 142 Å². The number of hydrogen-bond donors (Lipinski definition) is 1. The number of likely N-dealkylation sites (N-methyl/N-ethyl adjacent to an activating group) is 1. The summed E-state index contributed by atoms with van der Waals surface area (Å²) in [6.45, 7) is 2.44. The van der Waals surface area contributed by atoms with E-state index in [1.807, 2.05) is 55.5 Å². The Kier molecular flexibility index (Phi) is 6.51. The van der Waals surface area contributed by atoms with Crippen LogP contribution in [0.2, 0.25) is 0 Å². The molecule has 0 aliphatic rings. The number of para-hydroxylation sites is 1. The summed E-state index contributed by atoms with van der Waals surface area (Å²) >= 11 is 0. The highest BCUT2D eigenvalue weighted by molar-refractivity contribution is 6.40. The number of aliphatic hydroxyl groups is 1. The molecule has 0 bridgehead atoms. The van der Waals surface area contributed by atoms with Crippen LogP contribution in [0.25, 0.3) is 0 Å². The molecule has 2 aromatic carbocycles. The maximum atomic E-state index is 12.6. The van der Waals surface area contributed by atoms with Gasteiger partial charge in [-0.25, -0.2) is 0 Å². The van der Waals surface area contributed by atoms with Crippen molar-refractivity contribution in [3.63, 3.8) is 0 Å². The first-order chi connectivity index (χ1) is 11.7. The van der Waals surface area contributed by atoms with E-state index >= 15 is 0 Å². The van der Waals surface area contributed by atoms with Gasteiger partial charge < -0.3 is 14.9 Å². The molecule has 0 aliphatic carbocycles. The van der Waals surface area contributed by atoms with Crippen molar-refractivity contribution in [2.45, 2.75) is 13.5 Å². The third-order valence-electron chi connectivity index (χ3n) is 3.69. The summed E-state index contributed by atoms with van der Waals surface area (Å²) in [4.78, 5) is 28.1. The third-order valence-corrected chi connectivity index (χ3v) is 3.69. The molecule has 0 fully saturated rings. The van der Waals surface area contributed by atoms with Gasteiger partial charge in [0.1, 0.15) is 0 Å². The van der Waals surface area contributed by atoms with Gasteiger partial charge in [0.2, 0.25) is 0 Å². The minimum atomic E-state index is -0.612. The van der Waals surface area contributed by atoms with Gasteiger partial charge in [-0.3, -0.25) is 9.59 Å². The topological polar surface area (TPSA) is 60.9 Å². The van der Waals surface area contributed by atoms with Crippen molar-refractivity contribution in [2.24, 2.45) is 0 Å². The summed E-state index contributed by atoms with van der Waals surface area (Å²) < 4.78 is 0. The highest BCUT2D eigenvalue weighted by Crippen LogP contribution is 2.14. The number of carbonyl (C=O) groups excluding carboxylic acids is 2. The van der Waals surface area contributed by atoms with Crippen molar-refractivity contribution in [1.29, 1.82) is 0 Å². The average molecular weight is 326 g/mol. The van der Waals surface area contributed by atoms with Gasteiger partial charge in [0, 0.05) is 25.3 Å². The minimum absolute atomic E-state index is 0.117. The molecule has 0 heterocycles. The molecule has 0 spiro atoms. The predicted molar refractivity (Wildman–Crippen MR) is 93.4 cm³/mol. The number of rotatable bonds is 6. The van der Waals surface area contributed by atoms with E-state index in [4.69, 9.17) is 0 Å². The van der Waals surface area contributed by atoms with Gasteiger partial charge in [0.05, 0.1) is 6.61 Å². The zero-order valence-electron chi connectivity index (χ0n) is 13.8. The van der Waals surface area contributed by atoms with Gasteiger partial charge in [-0.15, -0.1) is 0 Å². The third kappa shape index (κ3) is 4.43. The molecule has 1 N–H and O–H groups in total. The molecule has 0 atom stereocenters. The van der Waals surface area contributed by atoms with Crippen LogP contribution < -0.4 is 4.90 Å². The molecule has 2 rings (SSSR count).